The van der Waals surface area contributed by atoms with Crippen molar-refractivity contribution in [2.45, 2.75) is 24.3 Å². The first-order chi connectivity index (χ1) is 12.0. The third kappa shape index (κ3) is 3.97. The van der Waals surface area contributed by atoms with Crippen molar-refractivity contribution in [3.8, 4) is 6.07 Å². The lowest BCUT2D eigenvalue weighted by atomic mass is 10.2. The molecule has 0 amide bonds. The molecule has 0 bridgehead atoms. The lowest BCUT2D eigenvalue weighted by Gasteiger charge is -2.09. The highest BCUT2D eigenvalue weighted by Gasteiger charge is 2.31. The van der Waals surface area contributed by atoms with Crippen molar-refractivity contribution in [1.82, 2.24) is 9.55 Å². The van der Waals surface area contributed by atoms with Crippen molar-refractivity contribution in [2.75, 3.05) is 5.75 Å². The summed E-state index contributed by atoms with van der Waals surface area (Å²) in [6.45, 7) is 0.511. The molecule has 0 radical (unpaired) electrons. The van der Waals surface area contributed by atoms with Gasteiger partial charge in [-0.25, -0.2) is 4.98 Å². The van der Waals surface area contributed by atoms with E-state index in [1.165, 1.54) is 17.8 Å². The summed E-state index contributed by atoms with van der Waals surface area (Å²) in [5.74, 6) is 0.542. The zero-order valence-corrected chi connectivity index (χ0v) is 13.9. The molecule has 0 fully saturated rings. The normalized spacial score (nSPS) is 11.6. The average molecular weight is 361 g/mol. The molecular weight excluding hydrogens is 347 g/mol. The first-order valence-corrected chi connectivity index (χ1v) is 8.59. The number of rotatable bonds is 5. The van der Waals surface area contributed by atoms with E-state index in [1.807, 2.05) is 34.9 Å². The second-order valence-electron chi connectivity index (χ2n) is 5.42. The highest BCUT2D eigenvalue weighted by Crippen LogP contribution is 2.33. The minimum Gasteiger partial charge on any atom is -0.314 e. The summed E-state index contributed by atoms with van der Waals surface area (Å²) < 4.78 is 40.7. The number of nitriles is 1. The van der Waals surface area contributed by atoms with Crippen LogP contribution in [0.2, 0.25) is 0 Å². The Morgan fingerprint density at radius 2 is 1.88 bits per heavy atom. The second-order valence-corrected chi connectivity index (χ2v) is 6.49. The molecule has 0 unspecified atom stereocenters. The maximum Gasteiger partial charge on any atom is 0.416 e. The number of hydrogen-bond donors (Lipinski definition) is 0. The topological polar surface area (TPSA) is 41.6 Å². The summed E-state index contributed by atoms with van der Waals surface area (Å²) in [5, 5.41) is 9.32. The zero-order valence-electron chi connectivity index (χ0n) is 13.1. The van der Waals surface area contributed by atoms with Crippen LogP contribution in [0, 0.1) is 11.3 Å². The van der Waals surface area contributed by atoms with Gasteiger partial charge in [-0.3, -0.25) is 0 Å². The molecule has 0 spiro atoms. The molecule has 3 rings (SSSR count). The molecule has 1 heterocycles. The molecular formula is C18H14F3N3S. The molecule has 1 aromatic heterocycles. The highest BCUT2D eigenvalue weighted by atomic mass is 32.2. The van der Waals surface area contributed by atoms with Gasteiger partial charge in [0.15, 0.2) is 5.16 Å². The van der Waals surface area contributed by atoms with Gasteiger partial charge in [0.2, 0.25) is 0 Å². The lowest BCUT2D eigenvalue weighted by Crippen LogP contribution is -2.05. The van der Waals surface area contributed by atoms with E-state index in [4.69, 9.17) is 5.26 Å². The maximum absolute atomic E-state index is 12.9. The smallest absolute Gasteiger partial charge is 0.314 e. The Bertz CT molecular complexity index is 911. The van der Waals surface area contributed by atoms with Gasteiger partial charge in [-0.05, 0) is 23.8 Å². The van der Waals surface area contributed by atoms with Crippen LogP contribution < -0.4 is 0 Å². The summed E-state index contributed by atoms with van der Waals surface area (Å²) in [5.41, 5.74) is 1.28. The second kappa shape index (κ2) is 7.19. The first kappa shape index (κ1) is 17.4. The molecule has 7 heteroatoms. The molecule has 0 N–H and O–H groups in total. The van der Waals surface area contributed by atoms with Crippen LogP contribution in [0.25, 0.3) is 11.0 Å². The van der Waals surface area contributed by atoms with Crippen LogP contribution in [0.15, 0.2) is 53.7 Å². The Morgan fingerprint density at radius 1 is 1.12 bits per heavy atom. The van der Waals surface area contributed by atoms with Crippen molar-refractivity contribution in [2.24, 2.45) is 0 Å². The molecule has 128 valence electrons. The van der Waals surface area contributed by atoms with Crippen LogP contribution in [0.1, 0.15) is 17.5 Å². The minimum absolute atomic E-state index is 0.310. The van der Waals surface area contributed by atoms with Crippen molar-refractivity contribution in [3.63, 3.8) is 0 Å². The van der Waals surface area contributed by atoms with E-state index in [0.29, 0.717) is 34.9 Å². The third-order valence-corrected chi connectivity index (χ3v) is 4.65. The Balaban J connectivity index is 2.04. The molecule has 25 heavy (non-hydrogen) atoms. The third-order valence-electron chi connectivity index (χ3n) is 3.67. The SMILES string of the molecule is N#CCCSc1nc2cc(C(F)(F)F)ccc2n1Cc1ccccc1. The predicted molar refractivity (Wildman–Crippen MR) is 91.2 cm³/mol. The van der Waals surface area contributed by atoms with E-state index < -0.39 is 11.7 Å². The molecule has 3 nitrogen and oxygen atoms in total. The molecule has 0 saturated carbocycles. The minimum atomic E-state index is -4.40. The van der Waals surface area contributed by atoms with Gasteiger partial charge in [-0.15, -0.1) is 0 Å². The zero-order chi connectivity index (χ0) is 17.9. The summed E-state index contributed by atoms with van der Waals surface area (Å²) in [6.07, 6.45) is -4.04. The largest absolute Gasteiger partial charge is 0.416 e. The summed E-state index contributed by atoms with van der Waals surface area (Å²) in [6, 6.07) is 15.3. The first-order valence-electron chi connectivity index (χ1n) is 7.60. The van der Waals surface area contributed by atoms with Gasteiger partial charge in [0.25, 0.3) is 0 Å². The molecule has 0 saturated heterocycles. The van der Waals surface area contributed by atoms with E-state index in [2.05, 4.69) is 11.1 Å². The van der Waals surface area contributed by atoms with Crippen molar-refractivity contribution >= 4 is 22.8 Å². The molecule has 3 aromatic rings. The van der Waals surface area contributed by atoms with Crippen LogP contribution in [0.5, 0.6) is 0 Å². The summed E-state index contributed by atoms with van der Waals surface area (Å²) in [7, 11) is 0. The fraction of sp³-hybridized carbons (Fsp3) is 0.222. The van der Waals surface area contributed by atoms with E-state index in [1.54, 1.807) is 0 Å². The van der Waals surface area contributed by atoms with Crippen LogP contribution in [-0.2, 0) is 12.7 Å². The van der Waals surface area contributed by atoms with E-state index in [9.17, 15) is 13.2 Å². The summed E-state index contributed by atoms with van der Waals surface area (Å²) in [4.78, 5) is 4.37. The number of fused-ring (bicyclic) bond motifs is 1. The number of thioether (sulfide) groups is 1. The fourth-order valence-electron chi connectivity index (χ4n) is 2.50. The average Bonchev–Trinajstić information content (AvgIpc) is 2.92. The Kier molecular flexibility index (Phi) is 5.00. The predicted octanol–water partition coefficient (Wildman–Crippen LogP) is 5.11. The standard InChI is InChI=1S/C18H14F3N3S/c19-18(20,21)14-7-8-16-15(11-14)23-17(25-10-4-9-22)24(16)12-13-5-2-1-3-6-13/h1-3,5-8,11H,4,10,12H2. The lowest BCUT2D eigenvalue weighted by molar-refractivity contribution is -0.137. The molecule has 0 aliphatic rings. The molecule has 2 aromatic carbocycles. The van der Waals surface area contributed by atoms with Crippen LogP contribution in [-0.4, -0.2) is 15.3 Å². The monoisotopic (exact) mass is 361 g/mol. The Morgan fingerprint density at radius 3 is 2.56 bits per heavy atom. The number of imidazole rings is 1. The van der Waals surface area contributed by atoms with E-state index >= 15 is 0 Å². The van der Waals surface area contributed by atoms with Gasteiger partial charge in [0.1, 0.15) is 0 Å². The molecule has 0 atom stereocenters. The van der Waals surface area contributed by atoms with Gasteiger partial charge in [-0.1, -0.05) is 42.1 Å². The molecule has 0 aliphatic heterocycles. The number of hydrogen-bond acceptors (Lipinski definition) is 3. The summed E-state index contributed by atoms with van der Waals surface area (Å²) >= 11 is 1.38. The Hall–Kier alpha value is -2.46. The number of aromatic nitrogens is 2. The van der Waals surface area contributed by atoms with Crippen molar-refractivity contribution in [1.29, 1.82) is 5.26 Å². The number of benzene rings is 2. The van der Waals surface area contributed by atoms with Gasteiger partial charge in [0, 0.05) is 12.2 Å². The van der Waals surface area contributed by atoms with Crippen molar-refractivity contribution in [3.05, 3.63) is 59.7 Å². The fourth-order valence-corrected chi connectivity index (χ4v) is 3.36. The van der Waals surface area contributed by atoms with Crippen LogP contribution in [0.3, 0.4) is 0 Å². The van der Waals surface area contributed by atoms with Gasteiger partial charge in [0.05, 0.1) is 29.2 Å². The van der Waals surface area contributed by atoms with Crippen LogP contribution in [0.4, 0.5) is 13.2 Å². The number of alkyl halides is 3. The van der Waals surface area contributed by atoms with Gasteiger partial charge >= 0.3 is 6.18 Å². The van der Waals surface area contributed by atoms with Crippen LogP contribution >= 0.6 is 11.8 Å². The Labute approximate surface area is 147 Å². The van der Waals surface area contributed by atoms with Gasteiger partial charge < -0.3 is 4.57 Å². The van der Waals surface area contributed by atoms with E-state index in [-0.39, 0.29) is 0 Å². The number of nitrogens with zero attached hydrogens (tertiary/aromatic N) is 3. The van der Waals surface area contributed by atoms with Gasteiger partial charge in [-0.2, -0.15) is 18.4 Å². The van der Waals surface area contributed by atoms with E-state index in [0.717, 1.165) is 17.7 Å². The number of halogens is 3. The molecule has 0 aliphatic carbocycles. The maximum atomic E-state index is 12.9. The van der Waals surface area contributed by atoms with Crippen molar-refractivity contribution < 1.29 is 13.2 Å². The quantitative estimate of drug-likeness (QED) is 0.468. The highest BCUT2D eigenvalue weighted by molar-refractivity contribution is 7.99.